The molecule has 0 atom stereocenters. The predicted molar refractivity (Wildman–Crippen MR) is 165 cm³/mol. The zero-order valence-corrected chi connectivity index (χ0v) is 24.7. The fourth-order valence-corrected chi connectivity index (χ4v) is 6.67. The molecule has 220 valence electrons. The highest BCUT2D eigenvalue weighted by molar-refractivity contribution is 6.35. The van der Waals surface area contributed by atoms with E-state index in [4.69, 9.17) is 21.7 Å². The second kappa shape index (κ2) is 10.5. The van der Waals surface area contributed by atoms with E-state index in [9.17, 15) is 9.18 Å². The van der Waals surface area contributed by atoms with Crippen molar-refractivity contribution in [3.05, 3.63) is 72.0 Å². The van der Waals surface area contributed by atoms with Gasteiger partial charge in [-0.1, -0.05) is 18.2 Å². The van der Waals surface area contributed by atoms with E-state index in [0.29, 0.717) is 54.3 Å². The Labute approximate surface area is 252 Å². The maximum Gasteiger partial charge on any atom is 0.245 e. The van der Waals surface area contributed by atoms with Crippen LogP contribution in [0.2, 0.25) is 5.02 Å². The van der Waals surface area contributed by atoms with Gasteiger partial charge < -0.3 is 14.7 Å². The maximum absolute atomic E-state index is 16.8. The molecule has 2 aliphatic rings. The highest BCUT2D eigenvalue weighted by atomic mass is 35.5. The topological polar surface area (TPSA) is 70.4 Å². The van der Waals surface area contributed by atoms with E-state index in [1.807, 2.05) is 18.8 Å². The zero-order chi connectivity index (χ0) is 30.0. The number of likely N-dealkylation sites (tertiary alicyclic amines) is 1. The van der Waals surface area contributed by atoms with Crippen molar-refractivity contribution < 1.29 is 13.6 Å². The maximum atomic E-state index is 16.8. The van der Waals surface area contributed by atoms with E-state index in [-0.39, 0.29) is 33.4 Å². The molecule has 5 heterocycles. The fourth-order valence-electron chi connectivity index (χ4n) is 6.38. The third-order valence-electron chi connectivity index (χ3n) is 8.88. The molecule has 7 rings (SSSR count). The van der Waals surface area contributed by atoms with Crippen LogP contribution in [0, 0.1) is 11.6 Å². The Bertz CT molecular complexity index is 1930. The number of carbonyl (C=O) groups excluding carboxylic acids is 1. The number of nitrogens with zero attached hydrogens (tertiary/aromatic N) is 7. The number of benzene rings is 2. The van der Waals surface area contributed by atoms with Crippen LogP contribution < -0.4 is 4.90 Å². The van der Waals surface area contributed by atoms with Crippen LogP contribution in [-0.4, -0.2) is 81.8 Å². The van der Waals surface area contributed by atoms with Gasteiger partial charge in [-0.25, -0.2) is 13.8 Å². The van der Waals surface area contributed by atoms with Crippen molar-refractivity contribution >= 4 is 56.0 Å². The first kappa shape index (κ1) is 27.7. The minimum absolute atomic E-state index is 0.00230. The van der Waals surface area contributed by atoms with Crippen molar-refractivity contribution in [2.24, 2.45) is 0 Å². The molecular weight excluding hydrogens is 572 g/mol. The molecule has 0 N–H and O–H groups in total. The average Bonchev–Trinajstić information content (AvgIpc) is 3.43. The number of rotatable bonds is 5. The molecule has 2 saturated heterocycles. The van der Waals surface area contributed by atoms with Gasteiger partial charge in [-0.15, -0.1) is 0 Å². The summed E-state index contributed by atoms with van der Waals surface area (Å²) in [5.41, 5.74) is 1.79. The van der Waals surface area contributed by atoms with Gasteiger partial charge in [-0.3, -0.25) is 14.5 Å². The third-order valence-corrected chi connectivity index (χ3v) is 9.17. The first-order valence-corrected chi connectivity index (χ1v) is 14.7. The quantitative estimate of drug-likeness (QED) is 0.236. The Morgan fingerprint density at radius 2 is 1.86 bits per heavy atom. The van der Waals surface area contributed by atoms with Crippen LogP contribution in [0.1, 0.15) is 18.9 Å². The summed E-state index contributed by atoms with van der Waals surface area (Å²) in [5, 5.41) is 6.64. The standard InChI is InChI=1S/C32H30ClF2N7O/c1-4-26(43)40-12-9-18(10-13-40)42-31-22-14-24(33)27(21-7-8-25(34)20-6-5-11-36-29(20)21)28(35)30(22)38-32(23(31)15-37-42)41-16-19(17-41)39(2)3/h4-8,11,14-15,18-19H,1,9-10,12-13,16-17H2,2-3H3. The van der Waals surface area contributed by atoms with E-state index in [0.717, 1.165) is 24.0 Å². The van der Waals surface area contributed by atoms with E-state index in [1.54, 1.807) is 35.5 Å². The minimum Gasteiger partial charge on any atom is -0.353 e. The number of carbonyl (C=O) groups is 1. The van der Waals surface area contributed by atoms with Crippen molar-refractivity contribution in [1.82, 2.24) is 29.5 Å². The molecule has 0 aliphatic carbocycles. The lowest BCUT2D eigenvalue weighted by Crippen LogP contribution is -2.57. The first-order valence-electron chi connectivity index (χ1n) is 14.3. The summed E-state index contributed by atoms with van der Waals surface area (Å²) in [6, 6.07) is 8.18. The first-order chi connectivity index (χ1) is 20.8. The normalized spacial score (nSPS) is 16.5. The highest BCUT2D eigenvalue weighted by Gasteiger charge is 2.33. The van der Waals surface area contributed by atoms with Crippen LogP contribution in [0.5, 0.6) is 0 Å². The van der Waals surface area contributed by atoms with Crippen molar-refractivity contribution in [2.45, 2.75) is 24.9 Å². The van der Waals surface area contributed by atoms with Crippen LogP contribution >= 0.6 is 11.6 Å². The second-order valence-electron chi connectivity index (χ2n) is 11.5. The number of piperidine rings is 1. The average molecular weight is 602 g/mol. The Balaban J connectivity index is 1.43. The molecule has 2 aliphatic heterocycles. The molecule has 3 aromatic heterocycles. The van der Waals surface area contributed by atoms with E-state index in [2.05, 4.69) is 21.4 Å². The summed E-state index contributed by atoms with van der Waals surface area (Å²) < 4.78 is 33.4. The second-order valence-corrected chi connectivity index (χ2v) is 11.9. The van der Waals surface area contributed by atoms with Gasteiger partial charge >= 0.3 is 0 Å². The van der Waals surface area contributed by atoms with Crippen molar-refractivity contribution in [3.8, 4) is 11.1 Å². The molecule has 11 heteroatoms. The van der Waals surface area contributed by atoms with Crippen molar-refractivity contribution in [1.29, 1.82) is 0 Å². The summed E-state index contributed by atoms with van der Waals surface area (Å²) in [4.78, 5) is 27.6. The molecule has 2 fully saturated rings. The van der Waals surface area contributed by atoms with Gasteiger partial charge in [0.2, 0.25) is 5.91 Å². The summed E-state index contributed by atoms with van der Waals surface area (Å²) >= 11 is 6.86. The van der Waals surface area contributed by atoms with Crippen LogP contribution in [0.25, 0.3) is 43.8 Å². The van der Waals surface area contributed by atoms with E-state index < -0.39 is 11.6 Å². The van der Waals surface area contributed by atoms with Gasteiger partial charge in [-0.05, 0) is 63.3 Å². The van der Waals surface area contributed by atoms with Crippen LogP contribution in [0.3, 0.4) is 0 Å². The van der Waals surface area contributed by atoms with Gasteiger partial charge in [0.1, 0.15) is 17.2 Å². The summed E-state index contributed by atoms with van der Waals surface area (Å²) in [6.45, 7) is 6.27. The summed E-state index contributed by atoms with van der Waals surface area (Å²) in [6.07, 6.45) is 6.09. The molecule has 0 spiro atoms. The third kappa shape index (κ3) is 4.42. The molecule has 1 amide bonds. The van der Waals surface area contributed by atoms with E-state index >= 15 is 4.39 Å². The highest BCUT2D eigenvalue weighted by Crippen LogP contribution is 2.43. The number of fused-ring (bicyclic) bond motifs is 4. The fraction of sp³-hybridized carbons (Fsp3) is 0.312. The van der Waals surface area contributed by atoms with Gasteiger partial charge in [-0.2, -0.15) is 5.10 Å². The Hall–Kier alpha value is -4.15. The predicted octanol–water partition coefficient (Wildman–Crippen LogP) is 5.83. The number of hydrogen-bond donors (Lipinski definition) is 0. The number of halogens is 3. The Kier molecular flexibility index (Phi) is 6.78. The number of hydrogen-bond acceptors (Lipinski definition) is 6. The Morgan fingerprint density at radius 1 is 1.09 bits per heavy atom. The smallest absolute Gasteiger partial charge is 0.245 e. The van der Waals surface area contributed by atoms with Crippen molar-refractivity contribution in [3.63, 3.8) is 0 Å². The molecule has 0 bridgehead atoms. The van der Waals surface area contributed by atoms with Crippen LogP contribution in [-0.2, 0) is 4.79 Å². The number of pyridine rings is 2. The molecule has 0 radical (unpaired) electrons. The Morgan fingerprint density at radius 3 is 2.58 bits per heavy atom. The lowest BCUT2D eigenvalue weighted by molar-refractivity contribution is -0.127. The summed E-state index contributed by atoms with van der Waals surface area (Å²) in [7, 11) is 4.09. The largest absolute Gasteiger partial charge is 0.353 e. The molecule has 2 aromatic carbocycles. The zero-order valence-electron chi connectivity index (χ0n) is 23.9. The number of likely N-dealkylation sites (N-methyl/N-ethyl adjacent to an activating group) is 1. The van der Waals surface area contributed by atoms with E-state index in [1.165, 1.54) is 18.2 Å². The molecular formula is C32H30ClF2N7O. The van der Waals surface area contributed by atoms with Gasteiger partial charge in [0.05, 0.1) is 33.7 Å². The number of aromatic nitrogens is 4. The van der Waals surface area contributed by atoms with Gasteiger partial charge in [0.25, 0.3) is 0 Å². The summed E-state index contributed by atoms with van der Waals surface area (Å²) in [5.74, 6) is -0.448. The lowest BCUT2D eigenvalue weighted by atomic mass is 9.98. The molecule has 0 unspecified atom stereocenters. The van der Waals surface area contributed by atoms with Crippen LogP contribution in [0.4, 0.5) is 14.6 Å². The van der Waals surface area contributed by atoms with Gasteiger partial charge in [0.15, 0.2) is 5.82 Å². The molecule has 43 heavy (non-hydrogen) atoms. The molecule has 5 aromatic rings. The van der Waals surface area contributed by atoms with Crippen LogP contribution in [0.15, 0.2) is 55.4 Å². The number of amides is 1. The monoisotopic (exact) mass is 601 g/mol. The number of anilines is 1. The lowest BCUT2D eigenvalue weighted by Gasteiger charge is -2.43. The minimum atomic E-state index is -0.590. The van der Waals surface area contributed by atoms with Gasteiger partial charge in [0, 0.05) is 60.3 Å². The van der Waals surface area contributed by atoms with Crippen molar-refractivity contribution in [2.75, 3.05) is 45.2 Å². The SMILES string of the molecule is C=CC(=O)N1CCC(n2ncc3c(N4CC(N(C)C)C4)nc4c(F)c(-c5ccc(F)c6cccnc56)c(Cl)cc4c32)CC1. The molecule has 0 saturated carbocycles. The molecule has 8 nitrogen and oxygen atoms in total.